The first-order valence-corrected chi connectivity index (χ1v) is 9.22. The fourth-order valence-electron chi connectivity index (χ4n) is 2.42. The number of nitrogens with zero attached hydrogens (tertiary/aromatic N) is 3. The molecular weight excluding hydrogens is 362 g/mol. The maximum Gasteiger partial charge on any atom is 0.157 e. The summed E-state index contributed by atoms with van der Waals surface area (Å²) in [5, 5.41) is 0.367. The summed E-state index contributed by atoms with van der Waals surface area (Å²) in [7, 11) is 0. The van der Waals surface area contributed by atoms with Crippen molar-refractivity contribution in [3.05, 3.63) is 59.6 Å². The molecule has 0 saturated heterocycles. The molecule has 8 heteroatoms. The molecule has 0 radical (unpaired) electrons. The SMILES string of the molecule is CCOc1ccc(-c2c(Cl)ncn2-c2ccc(CS(=O)O)cn2)cc1. The number of rotatable bonds is 6. The van der Waals surface area contributed by atoms with E-state index in [1.165, 1.54) is 0 Å². The molecule has 3 aromatic rings. The summed E-state index contributed by atoms with van der Waals surface area (Å²) in [6.45, 7) is 2.54. The van der Waals surface area contributed by atoms with Crippen LogP contribution in [0.1, 0.15) is 12.5 Å². The third-order valence-corrected chi connectivity index (χ3v) is 4.36. The van der Waals surface area contributed by atoms with Crippen LogP contribution >= 0.6 is 11.6 Å². The summed E-state index contributed by atoms with van der Waals surface area (Å²) in [5.74, 6) is 1.45. The van der Waals surface area contributed by atoms with Gasteiger partial charge in [0, 0.05) is 11.8 Å². The fourth-order valence-corrected chi connectivity index (χ4v) is 3.12. The van der Waals surface area contributed by atoms with Gasteiger partial charge in [-0.2, -0.15) is 0 Å². The third kappa shape index (κ3) is 4.07. The average molecular weight is 378 g/mol. The molecule has 1 N–H and O–H groups in total. The Kier molecular flexibility index (Phi) is 5.47. The molecule has 0 spiro atoms. The van der Waals surface area contributed by atoms with Crippen LogP contribution in [0.3, 0.4) is 0 Å². The van der Waals surface area contributed by atoms with Gasteiger partial charge in [0.1, 0.15) is 17.9 Å². The van der Waals surface area contributed by atoms with Gasteiger partial charge in [0.2, 0.25) is 0 Å². The van der Waals surface area contributed by atoms with E-state index in [2.05, 4.69) is 9.97 Å². The van der Waals surface area contributed by atoms with E-state index in [1.54, 1.807) is 29.2 Å². The Labute approximate surface area is 152 Å². The van der Waals surface area contributed by atoms with Crippen molar-refractivity contribution in [2.45, 2.75) is 12.7 Å². The van der Waals surface area contributed by atoms with Crippen LogP contribution in [0.15, 0.2) is 48.9 Å². The van der Waals surface area contributed by atoms with Crippen LogP contribution in [0.4, 0.5) is 0 Å². The topological polar surface area (TPSA) is 77.2 Å². The molecule has 1 unspecified atom stereocenters. The minimum atomic E-state index is -1.89. The smallest absolute Gasteiger partial charge is 0.157 e. The first kappa shape index (κ1) is 17.6. The molecule has 6 nitrogen and oxygen atoms in total. The van der Waals surface area contributed by atoms with Crippen molar-refractivity contribution >= 4 is 22.7 Å². The van der Waals surface area contributed by atoms with E-state index in [4.69, 9.17) is 20.9 Å². The zero-order valence-electron chi connectivity index (χ0n) is 13.4. The number of hydrogen-bond acceptors (Lipinski definition) is 4. The Bertz CT molecular complexity index is 879. The highest BCUT2D eigenvalue weighted by atomic mass is 35.5. The van der Waals surface area contributed by atoms with Crippen LogP contribution in [-0.4, -0.2) is 29.9 Å². The quantitative estimate of drug-likeness (QED) is 0.662. The van der Waals surface area contributed by atoms with E-state index >= 15 is 0 Å². The van der Waals surface area contributed by atoms with Crippen molar-refractivity contribution in [3.8, 4) is 22.8 Å². The van der Waals surface area contributed by atoms with Gasteiger partial charge in [0.05, 0.1) is 18.1 Å². The minimum Gasteiger partial charge on any atom is -0.494 e. The van der Waals surface area contributed by atoms with Crippen LogP contribution in [0.25, 0.3) is 17.1 Å². The van der Waals surface area contributed by atoms with Gasteiger partial charge in [0.15, 0.2) is 16.2 Å². The lowest BCUT2D eigenvalue weighted by Crippen LogP contribution is -2.00. The molecule has 0 aliphatic carbocycles. The Morgan fingerprint density at radius 3 is 2.56 bits per heavy atom. The molecule has 2 heterocycles. The monoisotopic (exact) mass is 377 g/mol. The van der Waals surface area contributed by atoms with Gasteiger partial charge in [-0.3, -0.25) is 4.57 Å². The first-order valence-electron chi connectivity index (χ1n) is 7.57. The number of hydrogen-bond donors (Lipinski definition) is 1. The van der Waals surface area contributed by atoms with Gasteiger partial charge in [-0.05, 0) is 42.8 Å². The molecular formula is C17H16ClN3O3S. The van der Waals surface area contributed by atoms with Crippen LogP contribution in [0.5, 0.6) is 5.75 Å². The molecule has 2 aromatic heterocycles. The van der Waals surface area contributed by atoms with Crippen molar-refractivity contribution in [2.75, 3.05) is 6.61 Å². The van der Waals surface area contributed by atoms with Crippen molar-refractivity contribution in [1.82, 2.24) is 14.5 Å². The number of benzene rings is 1. The zero-order chi connectivity index (χ0) is 17.8. The number of imidazole rings is 1. The van der Waals surface area contributed by atoms with E-state index < -0.39 is 11.1 Å². The second-order valence-corrected chi connectivity index (χ2v) is 6.49. The highest BCUT2D eigenvalue weighted by molar-refractivity contribution is 7.78. The largest absolute Gasteiger partial charge is 0.494 e. The lowest BCUT2D eigenvalue weighted by Gasteiger charge is -2.10. The summed E-state index contributed by atoms with van der Waals surface area (Å²) in [5.41, 5.74) is 2.28. The van der Waals surface area contributed by atoms with E-state index in [1.807, 2.05) is 31.2 Å². The number of ether oxygens (including phenoxy) is 1. The Morgan fingerprint density at radius 1 is 1.20 bits per heavy atom. The molecule has 0 fully saturated rings. The highest BCUT2D eigenvalue weighted by Crippen LogP contribution is 2.30. The maximum absolute atomic E-state index is 10.9. The fraction of sp³-hybridized carbons (Fsp3) is 0.176. The normalized spacial score (nSPS) is 12.1. The van der Waals surface area contributed by atoms with Crippen LogP contribution in [0.2, 0.25) is 5.15 Å². The average Bonchev–Trinajstić information content (AvgIpc) is 2.98. The summed E-state index contributed by atoms with van der Waals surface area (Å²) in [4.78, 5) is 8.51. The molecule has 130 valence electrons. The summed E-state index contributed by atoms with van der Waals surface area (Å²) < 4.78 is 27.1. The lowest BCUT2D eigenvalue weighted by atomic mass is 10.1. The van der Waals surface area contributed by atoms with Gasteiger partial charge in [-0.15, -0.1) is 0 Å². The zero-order valence-corrected chi connectivity index (χ0v) is 15.0. The van der Waals surface area contributed by atoms with Gasteiger partial charge in [-0.25, -0.2) is 14.2 Å². The molecule has 0 saturated carbocycles. The van der Waals surface area contributed by atoms with Crippen molar-refractivity contribution in [1.29, 1.82) is 0 Å². The Balaban J connectivity index is 1.95. The van der Waals surface area contributed by atoms with Gasteiger partial charge in [-0.1, -0.05) is 17.7 Å². The molecule has 0 aliphatic heterocycles. The molecule has 0 bridgehead atoms. The lowest BCUT2D eigenvalue weighted by molar-refractivity contribution is 0.340. The predicted molar refractivity (Wildman–Crippen MR) is 97.4 cm³/mol. The Hall–Kier alpha value is -2.22. The number of pyridine rings is 1. The van der Waals surface area contributed by atoms with Crippen molar-refractivity contribution < 1.29 is 13.5 Å². The van der Waals surface area contributed by atoms with E-state index in [0.29, 0.717) is 23.1 Å². The van der Waals surface area contributed by atoms with E-state index in [-0.39, 0.29) is 5.75 Å². The number of halogens is 1. The number of aromatic nitrogens is 3. The van der Waals surface area contributed by atoms with Crippen LogP contribution < -0.4 is 4.74 Å². The van der Waals surface area contributed by atoms with E-state index in [0.717, 1.165) is 17.0 Å². The maximum atomic E-state index is 10.9. The van der Waals surface area contributed by atoms with Crippen LogP contribution in [0, 0.1) is 0 Å². The van der Waals surface area contributed by atoms with Crippen molar-refractivity contribution in [2.24, 2.45) is 0 Å². The van der Waals surface area contributed by atoms with Gasteiger partial charge in [0.25, 0.3) is 0 Å². The predicted octanol–water partition coefficient (Wildman–Crippen LogP) is 3.71. The molecule has 0 aliphatic rings. The van der Waals surface area contributed by atoms with Crippen molar-refractivity contribution in [3.63, 3.8) is 0 Å². The second kappa shape index (κ2) is 7.77. The van der Waals surface area contributed by atoms with Crippen LogP contribution in [-0.2, 0) is 16.8 Å². The summed E-state index contributed by atoms with van der Waals surface area (Å²) in [6, 6.07) is 11.1. The molecule has 3 rings (SSSR count). The second-order valence-electron chi connectivity index (χ2n) is 5.20. The summed E-state index contributed by atoms with van der Waals surface area (Å²) >= 11 is 4.37. The Morgan fingerprint density at radius 2 is 1.96 bits per heavy atom. The first-order chi connectivity index (χ1) is 12.1. The standard InChI is InChI=1S/C17H16ClN3O3S/c1-2-24-14-6-4-13(5-7-14)16-17(18)20-11-21(16)15-8-3-12(9-19-15)10-25(22)23/h3-9,11H,2,10H2,1H3,(H,22,23). The molecule has 1 aromatic carbocycles. The highest BCUT2D eigenvalue weighted by Gasteiger charge is 2.14. The minimum absolute atomic E-state index is 0.0453. The molecule has 1 atom stereocenters. The third-order valence-electron chi connectivity index (χ3n) is 3.51. The summed E-state index contributed by atoms with van der Waals surface area (Å²) in [6.07, 6.45) is 3.17. The van der Waals surface area contributed by atoms with Gasteiger partial charge >= 0.3 is 0 Å². The van der Waals surface area contributed by atoms with Gasteiger partial charge < -0.3 is 9.29 Å². The molecule has 25 heavy (non-hydrogen) atoms. The van der Waals surface area contributed by atoms with E-state index in [9.17, 15) is 4.21 Å². The molecule has 0 amide bonds.